The molecule has 0 aliphatic rings. The summed E-state index contributed by atoms with van der Waals surface area (Å²) in [6, 6.07) is 4.16. The Morgan fingerprint density at radius 3 is 2.67 bits per heavy atom. The maximum atomic E-state index is 12.0. The molecule has 96 valence electrons. The Hall–Kier alpha value is -0.660. The quantitative estimate of drug-likeness (QED) is 0.941. The highest BCUT2D eigenvalue weighted by molar-refractivity contribution is 7.89. The van der Waals surface area contributed by atoms with Crippen LogP contribution in [0.25, 0.3) is 0 Å². The molecule has 0 saturated carbocycles. The molecule has 0 saturated heterocycles. The lowest BCUT2D eigenvalue weighted by atomic mass is 10.4. The molecule has 1 aromatic heterocycles. The lowest BCUT2D eigenvalue weighted by Gasteiger charge is -2.06. The molecule has 0 aliphatic heterocycles. The van der Waals surface area contributed by atoms with Crippen molar-refractivity contribution in [1.82, 2.24) is 9.71 Å². The van der Waals surface area contributed by atoms with Gasteiger partial charge in [0, 0.05) is 5.38 Å². The van der Waals surface area contributed by atoms with Crippen LogP contribution in [0, 0.1) is 0 Å². The van der Waals surface area contributed by atoms with E-state index in [1.54, 1.807) is 10.9 Å². The molecule has 2 aromatic rings. The Balaban J connectivity index is 2.17. The molecule has 0 bridgehead atoms. The zero-order valence-corrected chi connectivity index (χ0v) is 12.1. The molecule has 0 radical (unpaired) electrons. The van der Waals surface area contributed by atoms with Gasteiger partial charge in [0.15, 0.2) is 0 Å². The van der Waals surface area contributed by atoms with E-state index in [0.717, 1.165) is 0 Å². The van der Waals surface area contributed by atoms with Crippen LogP contribution in [0.3, 0.4) is 0 Å². The Morgan fingerprint density at radius 1 is 1.28 bits per heavy atom. The molecule has 0 fully saturated rings. The largest absolute Gasteiger partial charge is 0.248 e. The number of benzene rings is 1. The maximum absolute atomic E-state index is 12.0. The number of thiazole rings is 1. The average Bonchev–Trinajstić information content (AvgIpc) is 2.83. The first kappa shape index (κ1) is 13.8. The summed E-state index contributed by atoms with van der Waals surface area (Å²) in [7, 11) is -3.60. The molecule has 0 aliphatic carbocycles. The molecule has 18 heavy (non-hydrogen) atoms. The molecule has 0 atom stereocenters. The maximum Gasteiger partial charge on any atom is 0.240 e. The van der Waals surface area contributed by atoms with Crippen molar-refractivity contribution in [2.75, 3.05) is 0 Å². The third-order valence-electron chi connectivity index (χ3n) is 2.13. The lowest BCUT2D eigenvalue weighted by molar-refractivity contribution is 0.580. The van der Waals surface area contributed by atoms with Gasteiger partial charge >= 0.3 is 0 Å². The molecule has 0 spiro atoms. The first-order valence-corrected chi connectivity index (χ1v) is 7.99. The Kier molecular flexibility index (Phi) is 4.24. The number of nitrogens with zero attached hydrogens (tertiary/aromatic N) is 1. The third-order valence-corrected chi connectivity index (χ3v) is 4.90. The summed E-state index contributed by atoms with van der Waals surface area (Å²) in [5.41, 5.74) is 2.31. The molecular formula is C10H8Cl2N2O2S2. The molecule has 1 aromatic carbocycles. The molecular weight excluding hydrogens is 315 g/mol. The molecule has 8 heteroatoms. The van der Waals surface area contributed by atoms with E-state index in [-0.39, 0.29) is 16.5 Å². The van der Waals surface area contributed by atoms with E-state index in [2.05, 4.69) is 9.71 Å². The number of hydrogen-bond donors (Lipinski definition) is 1. The second kappa shape index (κ2) is 5.54. The van der Waals surface area contributed by atoms with Gasteiger partial charge in [-0.2, -0.15) is 0 Å². The van der Waals surface area contributed by atoms with E-state index in [9.17, 15) is 8.42 Å². The van der Waals surface area contributed by atoms with E-state index in [1.165, 1.54) is 29.5 Å². The van der Waals surface area contributed by atoms with Crippen LogP contribution in [0.5, 0.6) is 0 Å². The first-order chi connectivity index (χ1) is 8.49. The van der Waals surface area contributed by atoms with Gasteiger partial charge in [-0.05, 0) is 18.2 Å². The predicted molar refractivity (Wildman–Crippen MR) is 72.6 cm³/mol. The van der Waals surface area contributed by atoms with Crippen LogP contribution < -0.4 is 4.72 Å². The number of rotatable bonds is 4. The van der Waals surface area contributed by atoms with Gasteiger partial charge in [0.2, 0.25) is 10.0 Å². The Bertz CT molecular complexity index is 642. The number of halogens is 2. The third kappa shape index (κ3) is 3.21. The van der Waals surface area contributed by atoms with E-state index in [1.807, 2.05) is 0 Å². The predicted octanol–water partition coefficient (Wildman–Crippen LogP) is 2.93. The summed E-state index contributed by atoms with van der Waals surface area (Å²) in [6.45, 7) is 0.145. The van der Waals surface area contributed by atoms with Gasteiger partial charge in [-0.3, -0.25) is 0 Å². The van der Waals surface area contributed by atoms with Crippen LogP contribution in [0.15, 0.2) is 34.0 Å². The standard InChI is InChI=1S/C10H8Cl2N2O2S2/c11-9-2-1-8(3-10(9)12)18(15,16)14-4-7-5-17-6-13-7/h1-3,5-6,14H,4H2. The van der Waals surface area contributed by atoms with Crippen molar-refractivity contribution < 1.29 is 8.42 Å². The van der Waals surface area contributed by atoms with Crippen LogP contribution in [-0.2, 0) is 16.6 Å². The number of aromatic nitrogens is 1. The van der Waals surface area contributed by atoms with Crippen molar-refractivity contribution in [3.8, 4) is 0 Å². The fraction of sp³-hybridized carbons (Fsp3) is 0.100. The van der Waals surface area contributed by atoms with Crippen LogP contribution in [0.1, 0.15) is 5.69 Å². The fourth-order valence-electron chi connectivity index (χ4n) is 1.22. The highest BCUT2D eigenvalue weighted by atomic mass is 35.5. The van der Waals surface area contributed by atoms with Crippen LogP contribution in [-0.4, -0.2) is 13.4 Å². The molecule has 0 amide bonds. The van der Waals surface area contributed by atoms with Gasteiger partial charge in [0.25, 0.3) is 0 Å². The van der Waals surface area contributed by atoms with E-state index < -0.39 is 10.0 Å². The van der Waals surface area contributed by atoms with Gasteiger partial charge in [-0.15, -0.1) is 11.3 Å². The second-order valence-corrected chi connectivity index (χ2v) is 6.68. The highest BCUT2D eigenvalue weighted by Crippen LogP contribution is 2.24. The van der Waals surface area contributed by atoms with Gasteiger partial charge in [0.1, 0.15) is 0 Å². The summed E-state index contributed by atoms with van der Waals surface area (Å²) >= 11 is 12.9. The summed E-state index contributed by atoms with van der Waals surface area (Å²) in [5, 5.41) is 2.29. The molecule has 1 heterocycles. The van der Waals surface area contributed by atoms with Crippen molar-refractivity contribution in [3.63, 3.8) is 0 Å². The van der Waals surface area contributed by atoms with E-state index >= 15 is 0 Å². The van der Waals surface area contributed by atoms with E-state index in [0.29, 0.717) is 10.7 Å². The Labute approximate surface area is 119 Å². The van der Waals surface area contributed by atoms with Crippen molar-refractivity contribution in [1.29, 1.82) is 0 Å². The smallest absolute Gasteiger partial charge is 0.240 e. The summed E-state index contributed by atoms with van der Waals surface area (Å²) in [4.78, 5) is 4.07. The average molecular weight is 323 g/mol. The first-order valence-electron chi connectivity index (χ1n) is 4.81. The highest BCUT2D eigenvalue weighted by Gasteiger charge is 2.15. The van der Waals surface area contributed by atoms with Gasteiger partial charge in [-0.25, -0.2) is 18.1 Å². The van der Waals surface area contributed by atoms with Gasteiger partial charge in [-0.1, -0.05) is 23.2 Å². The number of hydrogen-bond acceptors (Lipinski definition) is 4. The van der Waals surface area contributed by atoms with Gasteiger partial charge in [0.05, 0.1) is 32.7 Å². The summed E-state index contributed by atoms with van der Waals surface area (Å²) in [5.74, 6) is 0. The van der Waals surface area contributed by atoms with Crippen molar-refractivity contribution >= 4 is 44.6 Å². The molecule has 4 nitrogen and oxygen atoms in total. The lowest BCUT2D eigenvalue weighted by Crippen LogP contribution is -2.23. The normalized spacial score (nSPS) is 11.7. The van der Waals surface area contributed by atoms with E-state index in [4.69, 9.17) is 23.2 Å². The summed E-state index contributed by atoms with van der Waals surface area (Å²) < 4.78 is 26.3. The minimum Gasteiger partial charge on any atom is -0.248 e. The molecule has 1 N–H and O–H groups in total. The Morgan fingerprint density at radius 2 is 2.06 bits per heavy atom. The van der Waals surface area contributed by atoms with Crippen LogP contribution in [0.2, 0.25) is 10.0 Å². The summed E-state index contributed by atoms with van der Waals surface area (Å²) in [6.07, 6.45) is 0. The minimum absolute atomic E-state index is 0.0760. The van der Waals surface area contributed by atoms with Crippen LogP contribution >= 0.6 is 34.5 Å². The monoisotopic (exact) mass is 322 g/mol. The van der Waals surface area contributed by atoms with Crippen molar-refractivity contribution in [2.24, 2.45) is 0 Å². The SMILES string of the molecule is O=S(=O)(NCc1cscn1)c1ccc(Cl)c(Cl)c1. The van der Waals surface area contributed by atoms with Crippen LogP contribution in [0.4, 0.5) is 0 Å². The molecule has 2 rings (SSSR count). The molecule has 0 unspecified atom stereocenters. The van der Waals surface area contributed by atoms with Crippen molar-refractivity contribution in [2.45, 2.75) is 11.4 Å². The number of nitrogens with one attached hydrogen (secondary N) is 1. The second-order valence-electron chi connectivity index (χ2n) is 3.38. The zero-order valence-electron chi connectivity index (χ0n) is 8.93. The van der Waals surface area contributed by atoms with Gasteiger partial charge < -0.3 is 0 Å². The zero-order chi connectivity index (χ0) is 13.2. The number of sulfonamides is 1. The minimum atomic E-state index is -3.60. The fourth-order valence-corrected chi connectivity index (χ4v) is 3.17. The topological polar surface area (TPSA) is 59.1 Å². The van der Waals surface area contributed by atoms with Crippen molar-refractivity contribution in [3.05, 3.63) is 44.8 Å².